The molecule has 1 aromatic carbocycles. The van der Waals surface area contributed by atoms with E-state index in [0.717, 1.165) is 81.6 Å². The van der Waals surface area contributed by atoms with Crippen LogP contribution in [-0.4, -0.2) is 81.7 Å². The number of hydrogen-bond donors (Lipinski definition) is 3. The van der Waals surface area contributed by atoms with Crippen LogP contribution in [0.25, 0.3) is 0 Å². The number of ether oxygens (including phenoxy) is 3. The molecule has 2 fully saturated rings. The van der Waals surface area contributed by atoms with Crippen LogP contribution in [0.3, 0.4) is 0 Å². The van der Waals surface area contributed by atoms with E-state index in [0.29, 0.717) is 13.1 Å². The highest BCUT2D eigenvalue weighted by Gasteiger charge is 2.29. The van der Waals surface area contributed by atoms with Crippen molar-refractivity contribution in [2.24, 2.45) is 4.99 Å². The molecule has 1 aliphatic heterocycles. The van der Waals surface area contributed by atoms with Crippen molar-refractivity contribution in [3.05, 3.63) is 23.8 Å². The van der Waals surface area contributed by atoms with E-state index in [1.165, 1.54) is 6.42 Å². The van der Waals surface area contributed by atoms with Crippen molar-refractivity contribution in [2.45, 2.75) is 50.7 Å². The average molecular weight is 449 g/mol. The molecule has 1 saturated carbocycles. The van der Waals surface area contributed by atoms with Gasteiger partial charge in [0.1, 0.15) is 0 Å². The molecule has 0 spiro atoms. The molecule has 8 nitrogen and oxygen atoms in total. The van der Waals surface area contributed by atoms with Gasteiger partial charge in [0.05, 0.1) is 45.6 Å². The standard InChI is InChI=1S/C24H40N4O4/c1-4-25-23(27-18-24(29)10-6-5-7-11-24)26-17-20(28-12-14-32-15-13-28)19-8-9-21(30-2)22(16-19)31-3/h8-9,16,20,29H,4-7,10-15,17-18H2,1-3H3,(H2,25,26,27). The first-order valence-corrected chi connectivity index (χ1v) is 11.9. The Bertz CT molecular complexity index is 731. The van der Waals surface area contributed by atoms with Crippen molar-refractivity contribution in [3.8, 4) is 11.5 Å². The monoisotopic (exact) mass is 448 g/mol. The molecule has 0 amide bonds. The van der Waals surface area contributed by atoms with Crippen molar-refractivity contribution < 1.29 is 19.3 Å². The topological polar surface area (TPSA) is 87.6 Å². The van der Waals surface area contributed by atoms with Crippen molar-refractivity contribution in [1.29, 1.82) is 0 Å². The summed E-state index contributed by atoms with van der Waals surface area (Å²) in [5, 5.41) is 17.7. The Kier molecular flexibility index (Phi) is 9.44. The second-order valence-electron chi connectivity index (χ2n) is 8.64. The predicted molar refractivity (Wildman–Crippen MR) is 127 cm³/mol. The molecule has 0 aromatic heterocycles. The van der Waals surface area contributed by atoms with Crippen molar-refractivity contribution in [1.82, 2.24) is 15.5 Å². The quantitative estimate of drug-likeness (QED) is 0.395. The molecule has 0 bridgehead atoms. The zero-order valence-electron chi connectivity index (χ0n) is 19.9. The van der Waals surface area contributed by atoms with E-state index >= 15 is 0 Å². The van der Waals surface area contributed by atoms with Crippen LogP contribution in [-0.2, 0) is 4.74 Å². The zero-order chi connectivity index (χ0) is 22.8. The maximum Gasteiger partial charge on any atom is 0.191 e. The molecule has 1 atom stereocenters. The minimum Gasteiger partial charge on any atom is -0.493 e. The molecule has 1 aliphatic carbocycles. The third kappa shape index (κ3) is 6.73. The Morgan fingerprint density at radius 2 is 1.84 bits per heavy atom. The lowest BCUT2D eigenvalue weighted by Gasteiger charge is -2.35. The summed E-state index contributed by atoms with van der Waals surface area (Å²) in [6.45, 7) is 7.13. The lowest BCUT2D eigenvalue weighted by Crippen LogP contribution is -2.47. The molecule has 1 heterocycles. The van der Waals surface area contributed by atoms with E-state index in [1.807, 2.05) is 6.07 Å². The first kappa shape index (κ1) is 24.6. The van der Waals surface area contributed by atoms with Crippen molar-refractivity contribution >= 4 is 5.96 Å². The molecule has 1 aromatic rings. The van der Waals surface area contributed by atoms with Crippen LogP contribution in [0.5, 0.6) is 11.5 Å². The number of rotatable bonds is 9. The molecule has 1 unspecified atom stereocenters. The maximum absolute atomic E-state index is 10.8. The summed E-state index contributed by atoms with van der Waals surface area (Å²) in [7, 11) is 3.31. The van der Waals surface area contributed by atoms with Crippen LogP contribution in [0.15, 0.2) is 23.2 Å². The Morgan fingerprint density at radius 3 is 2.50 bits per heavy atom. The number of nitrogens with one attached hydrogen (secondary N) is 2. The Hall–Kier alpha value is -2.03. The van der Waals surface area contributed by atoms with E-state index in [2.05, 4.69) is 34.6 Å². The van der Waals surface area contributed by atoms with Crippen molar-refractivity contribution in [2.75, 3.05) is 60.2 Å². The first-order valence-electron chi connectivity index (χ1n) is 11.9. The van der Waals surface area contributed by atoms with E-state index in [4.69, 9.17) is 19.2 Å². The van der Waals surface area contributed by atoms with Crippen LogP contribution < -0.4 is 20.1 Å². The Balaban J connectivity index is 1.75. The van der Waals surface area contributed by atoms with Gasteiger partial charge in [-0.3, -0.25) is 9.89 Å². The molecule has 180 valence electrons. The van der Waals surface area contributed by atoms with Gasteiger partial charge in [0.25, 0.3) is 0 Å². The Labute approximate surface area is 192 Å². The highest BCUT2D eigenvalue weighted by atomic mass is 16.5. The molecule has 0 radical (unpaired) electrons. The highest BCUT2D eigenvalue weighted by Crippen LogP contribution is 2.32. The fourth-order valence-electron chi connectivity index (χ4n) is 4.54. The summed E-state index contributed by atoms with van der Waals surface area (Å²) in [6, 6.07) is 6.23. The summed E-state index contributed by atoms with van der Waals surface area (Å²) in [5.41, 5.74) is 0.479. The summed E-state index contributed by atoms with van der Waals surface area (Å²) < 4.78 is 16.5. The predicted octanol–water partition coefficient (Wildman–Crippen LogP) is 2.33. The van der Waals surface area contributed by atoms with Crippen LogP contribution in [0.2, 0.25) is 0 Å². The van der Waals surface area contributed by atoms with Gasteiger partial charge in [0, 0.05) is 26.2 Å². The second kappa shape index (κ2) is 12.3. The zero-order valence-corrected chi connectivity index (χ0v) is 19.9. The number of nitrogens with zero attached hydrogens (tertiary/aromatic N) is 2. The van der Waals surface area contributed by atoms with E-state index in [-0.39, 0.29) is 6.04 Å². The number of aliphatic imine (C=N–C) groups is 1. The number of benzene rings is 1. The SMILES string of the molecule is CCNC(=NCC1(O)CCCCC1)NCC(c1ccc(OC)c(OC)c1)N1CCOCC1. The fraction of sp³-hybridized carbons (Fsp3) is 0.708. The lowest BCUT2D eigenvalue weighted by molar-refractivity contribution is 0.0129. The number of guanidine groups is 1. The van der Waals surface area contributed by atoms with Gasteiger partial charge in [-0.05, 0) is 37.5 Å². The summed E-state index contributed by atoms with van der Waals surface area (Å²) in [4.78, 5) is 7.16. The van der Waals surface area contributed by atoms with Gasteiger partial charge in [-0.25, -0.2) is 0 Å². The van der Waals surface area contributed by atoms with Crippen LogP contribution in [0.4, 0.5) is 0 Å². The molecule has 1 saturated heterocycles. The van der Waals surface area contributed by atoms with Gasteiger partial charge in [-0.1, -0.05) is 25.3 Å². The highest BCUT2D eigenvalue weighted by molar-refractivity contribution is 5.79. The van der Waals surface area contributed by atoms with Crippen LogP contribution >= 0.6 is 0 Å². The molecular weight excluding hydrogens is 408 g/mol. The second-order valence-corrected chi connectivity index (χ2v) is 8.64. The van der Waals surface area contributed by atoms with E-state index < -0.39 is 5.60 Å². The van der Waals surface area contributed by atoms with Crippen LogP contribution in [0, 0.1) is 0 Å². The van der Waals surface area contributed by atoms with Gasteiger partial charge in [0.2, 0.25) is 0 Å². The van der Waals surface area contributed by atoms with Gasteiger partial charge >= 0.3 is 0 Å². The summed E-state index contributed by atoms with van der Waals surface area (Å²) in [5.74, 6) is 2.19. The van der Waals surface area contributed by atoms with Gasteiger partial charge in [-0.15, -0.1) is 0 Å². The van der Waals surface area contributed by atoms with Crippen LogP contribution in [0.1, 0.15) is 50.6 Å². The number of morpholine rings is 1. The minimum absolute atomic E-state index is 0.125. The van der Waals surface area contributed by atoms with Gasteiger partial charge in [-0.2, -0.15) is 0 Å². The average Bonchev–Trinajstić information content (AvgIpc) is 2.83. The molecule has 3 N–H and O–H groups in total. The minimum atomic E-state index is -0.673. The summed E-state index contributed by atoms with van der Waals surface area (Å²) >= 11 is 0. The van der Waals surface area contributed by atoms with Crippen molar-refractivity contribution in [3.63, 3.8) is 0 Å². The smallest absolute Gasteiger partial charge is 0.191 e. The number of methoxy groups -OCH3 is 2. The largest absolute Gasteiger partial charge is 0.493 e. The molecule has 32 heavy (non-hydrogen) atoms. The Morgan fingerprint density at radius 1 is 1.12 bits per heavy atom. The maximum atomic E-state index is 10.8. The number of hydrogen-bond acceptors (Lipinski definition) is 6. The van der Waals surface area contributed by atoms with E-state index in [1.54, 1.807) is 14.2 Å². The third-order valence-electron chi connectivity index (χ3n) is 6.40. The summed E-state index contributed by atoms with van der Waals surface area (Å²) in [6.07, 6.45) is 5.02. The lowest BCUT2D eigenvalue weighted by atomic mass is 9.85. The number of aliphatic hydroxyl groups is 1. The molecule has 8 heteroatoms. The third-order valence-corrected chi connectivity index (χ3v) is 6.40. The van der Waals surface area contributed by atoms with Gasteiger partial charge < -0.3 is 30.0 Å². The molecule has 3 rings (SSSR count). The van der Waals surface area contributed by atoms with Gasteiger partial charge in [0.15, 0.2) is 17.5 Å². The normalized spacial score (nSPS) is 20.4. The van der Waals surface area contributed by atoms with E-state index in [9.17, 15) is 5.11 Å². The molecular formula is C24H40N4O4. The fourth-order valence-corrected chi connectivity index (χ4v) is 4.54. The molecule has 2 aliphatic rings. The first-order chi connectivity index (χ1) is 15.6.